The van der Waals surface area contributed by atoms with Crippen LogP contribution in [0.1, 0.15) is 18.4 Å². The summed E-state index contributed by atoms with van der Waals surface area (Å²) in [6.07, 6.45) is -2.78. The predicted molar refractivity (Wildman–Crippen MR) is 71.9 cm³/mol. The number of methoxy groups -OCH3 is 1. The summed E-state index contributed by atoms with van der Waals surface area (Å²) in [7, 11) is 1.60. The summed E-state index contributed by atoms with van der Waals surface area (Å²) in [5.41, 5.74) is -0.503. The Morgan fingerprint density at radius 1 is 1.05 bits per heavy atom. The summed E-state index contributed by atoms with van der Waals surface area (Å²) >= 11 is 0. The van der Waals surface area contributed by atoms with E-state index in [4.69, 9.17) is 9.47 Å². The second-order valence-electron chi connectivity index (χ2n) is 4.28. The molecule has 0 aliphatic carbocycles. The van der Waals surface area contributed by atoms with Gasteiger partial charge in [-0.05, 0) is 25.0 Å². The average molecular weight is 291 g/mol. The van der Waals surface area contributed by atoms with Crippen LogP contribution >= 0.6 is 0 Å². The predicted octanol–water partition coefficient (Wildman–Crippen LogP) is 3.56. The second kappa shape index (κ2) is 8.81. The number of hydrogen-bond donors (Lipinski definition) is 1. The fourth-order valence-electron chi connectivity index (χ4n) is 1.68. The van der Waals surface area contributed by atoms with Crippen LogP contribution in [0.5, 0.6) is 0 Å². The van der Waals surface area contributed by atoms with Gasteiger partial charge in [0.25, 0.3) is 0 Å². The monoisotopic (exact) mass is 291 g/mol. The average Bonchev–Trinajstić information content (AvgIpc) is 2.41. The highest BCUT2D eigenvalue weighted by atomic mass is 19.4. The fraction of sp³-hybridized carbons (Fsp3) is 0.571. The summed E-state index contributed by atoms with van der Waals surface area (Å²) < 4.78 is 48.3. The van der Waals surface area contributed by atoms with Crippen molar-refractivity contribution in [3.8, 4) is 0 Å². The van der Waals surface area contributed by atoms with E-state index in [1.54, 1.807) is 13.2 Å². The first-order valence-electron chi connectivity index (χ1n) is 6.52. The summed E-state index contributed by atoms with van der Waals surface area (Å²) in [5, 5.41) is 2.82. The Kier molecular flexibility index (Phi) is 7.40. The molecule has 0 heterocycles. The maximum Gasteiger partial charge on any atom is 0.418 e. The number of unbranched alkanes of at least 4 members (excludes halogenated alkanes) is 1. The molecule has 0 aliphatic heterocycles. The van der Waals surface area contributed by atoms with Crippen LogP contribution in [0.3, 0.4) is 0 Å². The molecule has 0 amide bonds. The van der Waals surface area contributed by atoms with Gasteiger partial charge >= 0.3 is 6.18 Å². The van der Waals surface area contributed by atoms with Crippen molar-refractivity contribution in [3.05, 3.63) is 29.8 Å². The Morgan fingerprint density at radius 3 is 2.50 bits per heavy atom. The summed E-state index contributed by atoms with van der Waals surface area (Å²) in [4.78, 5) is 0. The van der Waals surface area contributed by atoms with Gasteiger partial charge in [-0.3, -0.25) is 0 Å². The molecule has 0 atom stereocenters. The standard InChI is InChI=1S/C14H20F3NO2/c1-19-10-11-20-9-5-4-8-18-13-7-3-2-6-12(13)14(15,16)17/h2-3,6-7,18H,4-5,8-11H2,1H3. The summed E-state index contributed by atoms with van der Waals surface area (Å²) in [6.45, 7) is 2.17. The van der Waals surface area contributed by atoms with Gasteiger partial charge in [0.15, 0.2) is 0 Å². The number of halogens is 3. The molecule has 0 aromatic heterocycles. The fourth-order valence-corrected chi connectivity index (χ4v) is 1.68. The molecule has 1 N–H and O–H groups in total. The smallest absolute Gasteiger partial charge is 0.385 e. The minimum atomic E-state index is -4.33. The molecule has 114 valence electrons. The van der Waals surface area contributed by atoms with Crippen LogP contribution in [0, 0.1) is 0 Å². The van der Waals surface area contributed by atoms with E-state index in [0.29, 0.717) is 26.4 Å². The van der Waals surface area contributed by atoms with Crippen LogP contribution in [0.4, 0.5) is 18.9 Å². The van der Waals surface area contributed by atoms with E-state index in [9.17, 15) is 13.2 Å². The van der Waals surface area contributed by atoms with Gasteiger partial charge in [-0.25, -0.2) is 0 Å². The lowest BCUT2D eigenvalue weighted by atomic mass is 10.1. The Balaban J connectivity index is 2.26. The first kappa shape index (κ1) is 16.8. The Morgan fingerprint density at radius 2 is 1.80 bits per heavy atom. The van der Waals surface area contributed by atoms with Gasteiger partial charge in [-0.15, -0.1) is 0 Å². The van der Waals surface area contributed by atoms with Crippen LogP contribution in [-0.4, -0.2) is 33.5 Å². The van der Waals surface area contributed by atoms with E-state index in [0.717, 1.165) is 18.9 Å². The van der Waals surface area contributed by atoms with Crippen molar-refractivity contribution >= 4 is 5.69 Å². The maximum atomic E-state index is 12.7. The first-order valence-corrected chi connectivity index (χ1v) is 6.52. The van der Waals surface area contributed by atoms with Crippen LogP contribution in [0.2, 0.25) is 0 Å². The summed E-state index contributed by atoms with van der Waals surface area (Å²) in [6, 6.07) is 5.50. The molecular formula is C14H20F3NO2. The van der Waals surface area contributed by atoms with E-state index in [1.807, 2.05) is 0 Å². The third kappa shape index (κ3) is 6.25. The van der Waals surface area contributed by atoms with Crippen LogP contribution in [-0.2, 0) is 15.7 Å². The topological polar surface area (TPSA) is 30.5 Å². The first-order chi connectivity index (χ1) is 9.55. The zero-order valence-corrected chi connectivity index (χ0v) is 11.5. The molecule has 0 aliphatic rings. The number of nitrogens with one attached hydrogen (secondary N) is 1. The molecule has 1 aromatic rings. The third-order valence-corrected chi connectivity index (χ3v) is 2.70. The number of para-hydroxylation sites is 1. The lowest BCUT2D eigenvalue weighted by Gasteiger charge is -2.14. The van der Waals surface area contributed by atoms with Crippen molar-refractivity contribution in [1.29, 1.82) is 0 Å². The number of benzene rings is 1. The molecule has 0 bridgehead atoms. The van der Waals surface area contributed by atoms with Crippen molar-refractivity contribution < 1.29 is 22.6 Å². The molecule has 0 unspecified atom stereocenters. The normalized spacial score (nSPS) is 11.6. The highest BCUT2D eigenvalue weighted by Gasteiger charge is 2.32. The molecule has 0 saturated carbocycles. The minimum absolute atomic E-state index is 0.125. The van der Waals surface area contributed by atoms with Gasteiger partial charge < -0.3 is 14.8 Å². The molecule has 0 spiro atoms. The molecule has 0 radical (unpaired) electrons. The minimum Gasteiger partial charge on any atom is -0.385 e. The van der Waals surface area contributed by atoms with Gasteiger partial charge in [-0.2, -0.15) is 13.2 Å². The molecular weight excluding hydrogens is 271 g/mol. The zero-order valence-electron chi connectivity index (χ0n) is 11.5. The zero-order chi connectivity index (χ0) is 14.8. The van der Waals surface area contributed by atoms with E-state index >= 15 is 0 Å². The van der Waals surface area contributed by atoms with Crippen molar-refractivity contribution in [2.24, 2.45) is 0 Å². The van der Waals surface area contributed by atoms with Crippen molar-refractivity contribution in [3.63, 3.8) is 0 Å². The molecule has 20 heavy (non-hydrogen) atoms. The van der Waals surface area contributed by atoms with Crippen molar-refractivity contribution in [1.82, 2.24) is 0 Å². The van der Waals surface area contributed by atoms with Crippen molar-refractivity contribution in [2.45, 2.75) is 19.0 Å². The molecule has 0 fully saturated rings. The molecule has 3 nitrogen and oxygen atoms in total. The van der Waals surface area contributed by atoms with Gasteiger partial charge in [0, 0.05) is 25.9 Å². The SMILES string of the molecule is COCCOCCCCNc1ccccc1C(F)(F)F. The number of anilines is 1. The second-order valence-corrected chi connectivity index (χ2v) is 4.28. The number of alkyl halides is 3. The van der Waals surface area contributed by atoms with Crippen LogP contribution < -0.4 is 5.32 Å². The molecule has 0 saturated heterocycles. The summed E-state index contributed by atoms with van der Waals surface area (Å²) in [5.74, 6) is 0. The Hall–Kier alpha value is -1.27. The number of rotatable bonds is 9. The van der Waals surface area contributed by atoms with Crippen LogP contribution in [0.25, 0.3) is 0 Å². The maximum absolute atomic E-state index is 12.7. The largest absolute Gasteiger partial charge is 0.418 e. The number of hydrogen-bond acceptors (Lipinski definition) is 3. The lowest BCUT2D eigenvalue weighted by Crippen LogP contribution is -2.12. The molecule has 1 rings (SSSR count). The quantitative estimate of drug-likeness (QED) is 0.706. The lowest BCUT2D eigenvalue weighted by molar-refractivity contribution is -0.136. The van der Waals surface area contributed by atoms with E-state index in [2.05, 4.69) is 5.32 Å². The van der Waals surface area contributed by atoms with Gasteiger partial charge in [0.2, 0.25) is 0 Å². The third-order valence-electron chi connectivity index (χ3n) is 2.70. The highest BCUT2D eigenvalue weighted by molar-refractivity contribution is 5.52. The van der Waals surface area contributed by atoms with Gasteiger partial charge in [0.1, 0.15) is 0 Å². The van der Waals surface area contributed by atoms with Crippen LogP contribution in [0.15, 0.2) is 24.3 Å². The van der Waals surface area contributed by atoms with Crippen molar-refractivity contribution in [2.75, 3.05) is 38.8 Å². The molecule has 6 heteroatoms. The Bertz CT molecular complexity index is 383. The molecule has 1 aromatic carbocycles. The van der Waals surface area contributed by atoms with Gasteiger partial charge in [-0.1, -0.05) is 12.1 Å². The van der Waals surface area contributed by atoms with E-state index in [-0.39, 0.29) is 5.69 Å². The Labute approximate surface area is 117 Å². The highest BCUT2D eigenvalue weighted by Crippen LogP contribution is 2.34. The van der Waals surface area contributed by atoms with E-state index in [1.165, 1.54) is 12.1 Å². The number of ether oxygens (including phenoxy) is 2. The van der Waals surface area contributed by atoms with E-state index < -0.39 is 11.7 Å². The van der Waals surface area contributed by atoms with Gasteiger partial charge in [0.05, 0.1) is 18.8 Å².